The smallest absolute Gasteiger partial charge is 0.106 e. The summed E-state index contributed by atoms with van der Waals surface area (Å²) in [7, 11) is 0. The van der Waals surface area contributed by atoms with Gasteiger partial charge in [0.25, 0.3) is 0 Å². The highest BCUT2D eigenvalue weighted by Crippen LogP contribution is 2.27. The van der Waals surface area contributed by atoms with Crippen molar-refractivity contribution in [2.75, 3.05) is 6.61 Å². The molecule has 13 heavy (non-hydrogen) atoms. The number of hydrogen-bond acceptors (Lipinski definition) is 2. The number of pyridine rings is 1. The fourth-order valence-electron chi connectivity index (χ4n) is 1.58. The minimum Gasteiger partial charge on any atom is -0.373 e. The van der Waals surface area contributed by atoms with E-state index in [4.69, 9.17) is 4.74 Å². The molecule has 2 heterocycles. The lowest BCUT2D eigenvalue weighted by Gasteiger charge is -2.22. The van der Waals surface area contributed by atoms with Crippen molar-refractivity contribution in [3.63, 3.8) is 0 Å². The second kappa shape index (κ2) is 4.20. The third kappa shape index (κ3) is 2.29. The van der Waals surface area contributed by atoms with Gasteiger partial charge >= 0.3 is 0 Å². The fraction of sp³-hybridized carbons (Fsp3) is 0.500. The largest absolute Gasteiger partial charge is 0.373 e. The van der Waals surface area contributed by atoms with Crippen molar-refractivity contribution in [2.45, 2.75) is 25.4 Å². The van der Waals surface area contributed by atoms with Crippen molar-refractivity contribution in [2.24, 2.45) is 0 Å². The van der Waals surface area contributed by atoms with Gasteiger partial charge in [-0.3, -0.25) is 0 Å². The van der Waals surface area contributed by atoms with Gasteiger partial charge in [-0.2, -0.15) is 0 Å². The van der Waals surface area contributed by atoms with Crippen molar-refractivity contribution >= 4 is 15.9 Å². The molecular formula is C10H12BrNO. The Morgan fingerprint density at radius 2 is 2.31 bits per heavy atom. The fourth-order valence-corrected chi connectivity index (χ4v) is 1.82. The zero-order valence-corrected chi connectivity index (χ0v) is 8.96. The summed E-state index contributed by atoms with van der Waals surface area (Å²) < 4.78 is 6.53. The highest BCUT2D eigenvalue weighted by Gasteiger charge is 2.15. The lowest BCUT2D eigenvalue weighted by molar-refractivity contribution is 0.0147. The molecule has 1 aromatic rings. The molecule has 0 bridgehead atoms. The molecular weight excluding hydrogens is 230 g/mol. The SMILES string of the molecule is Brc1ccc(C2CCCCO2)cn1. The minimum absolute atomic E-state index is 0.273. The zero-order chi connectivity index (χ0) is 9.10. The molecule has 0 radical (unpaired) electrons. The van der Waals surface area contributed by atoms with E-state index < -0.39 is 0 Å². The molecule has 2 rings (SSSR count). The Hall–Kier alpha value is -0.410. The van der Waals surface area contributed by atoms with Crippen LogP contribution in [0.5, 0.6) is 0 Å². The highest BCUT2D eigenvalue weighted by molar-refractivity contribution is 9.10. The van der Waals surface area contributed by atoms with Crippen molar-refractivity contribution in [3.05, 3.63) is 28.5 Å². The summed E-state index contributed by atoms with van der Waals surface area (Å²) in [6, 6.07) is 4.04. The maximum Gasteiger partial charge on any atom is 0.106 e. The Bertz CT molecular complexity index is 267. The van der Waals surface area contributed by atoms with Gasteiger partial charge in [0, 0.05) is 12.8 Å². The normalized spacial score (nSPS) is 23.0. The first-order chi connectivity index (χ1) is 6.36. The maximum atomic E-state index is 5.65. The van der Waals surface area contributed by atoms with Gasteiger partial charge in [-0.25, -0.2) is 4.98 Å². The average molecular weight is 242 g/mol. The van der Waals surface area contributed by atoms with Crippen LogP contribution in [-0.2, 0) is 4.74 Å². The van der Waals surface area contributed by atoms with Crippen LogP contribution in [0, 0.1) is 0 Å². The molecule has 1 aliphatic rings. The quantitative estimate of drug-likeness (QED) is 0.706. The lowest BCUT2D eigenvalue weighted by Crippen LogP contribution is -2.11. The van der Waals surface area contributed by atoms with E-state index in [1.54, 1.807) is 0 Å². The molecule has 0 amide bonds. The van der Waals surface area contributed by atoms with E-state index in [-0.39, 0.29) is 6.10 Å². The Balaban J connectivity index is 2.10. The van der Waals surface area contributed by atoms with Gasteiger partial charge in [-0.05, 0) is 46.8 Å². The van der Waals surface area contributed by atoms with Crippen molar-refractivity contribution < 1.29 is 4.74 Å². The number of hydrogen-bond donors (Lipinski definition) is 0. The minimum atomic E-state index is 0.273. The predicted molar refractivity (Wildman–Crippen MR) is 54.5 cm³/mol. The summed E-state index contributed by atoms with van der Waals surface area (Å²) in [5.74, 6) is 0. The van der Waals surface area contributed by atoms with Gasteiger partial charge in [-0.1, -0.05) is 6.07 Å². The van der Waals surface area contributed by atoms with Gasteiger partial charge in [0.2, 0.25) is 0 Å². The van der Waals surface area contributed by atoms with Crippen LogP contribution in [0.3, 0.4) is 0 Å². The predicted octanol–water partition coefficient (Wildman–Crippen LogP) is 3.09. The van der Waals surface area contributed by atoms with E-state index in [1.165, 1.54) is 18.4 Å². The Morgan fingerprint density at radius 3 is 2.92 bits per heavy atom. The Kier molecular flexibility index (Phi) is 2.96. The highest BCUT2D eigenvalue weighted by atomic mass is 79.9. The number of ether oxygens (including phenoxy) is 1. The first kappa shape index (κ1) is 9.16. The van der Waals surface area contributed by atoms with Crippen LogP contribution in [0.15, 0.2) is 22.9 Å². The average Bonchev–Trinajstić information content (AvgIpc) is 2.20. The van der Waals surface area contributed by atoms with E-state index in [9.17, 15) is 0 Å². The molecule has 0 spiro atoms. The van der Waals surface area contributed by atoms with Gasteiger partial charge in [-0.15, -0.1) is 0 Å². The first-order valence-electron chi connectivity index (χ1n) is 4.59. The third-order valence-electron chi connectivity index (χ3n) is 2.30. The van der Waals surface area contributed by atoms with Crippen LogP contribution in [-0.4, -0.2) is 11.6 Å². The number of rotatable bonds is 1. The van der Waals surface area contributed by atoms with Crippen LogP contribution in [0.25, 0.3) is 0 Å². The molecule has 1 aliphatic heterocycles. The van der Waals surface area contributed by atoms with Crippen molar-refractivity contribution in [3.8, 4) is 0 Å². The van der Waals surface area contributed by atoms with Gasteiger partial charge in [0.05, 0.1) is 6.10 Å². The van der Waals surface area contributed by atoms with Crippen molar-refractivity contribution in [1.82, 2.24) is 4.98 Å². The summed E-state index contributed by atoms with van der Waals surface area (Å²) in [6.07, 6.45) is 5.75. The van der Waals surface area contributed by atoms with Crippen LogP contribution >= 0.6 is 15.9 Å². The summed E-state index contributed by atoms with van der Waals surface area (Å²) >= 11 is 3.32. The summed E-state index contributed by atoms with van der Waals surface area (Å²) in [6.45, 7) is 0.890. The molecule has 1 unspecified atom stereocenters. The summed E-state index contributed by atoms with van der Waals surface area (Å²) in [4.78, 5) is 4.19. The van der Waals surface area contributed by atoms with E-state index in [1.807, 2.05) is 12.3 Å². The molecule has 70 valence electrons. The van der Waals surface area contributed by atoms with Crippen LogP contribution in [0.4, 0.5) is 0 Å². The monoisotopic (exact) mass is 241 g/mol. The van der Waals surface area contributed by atoms with Crippen LogP contribution in [0.1, 0.15) is 30.9 Å². The second-order valence-electron chi connectivity index (χ2n) is 3.27. The Labute approximate surface area is 86.5 Å². The molecule has 0 aliphatic carbocycles. The standard InChI is InChI=1S/C10H12BrNO/c11-10-5-4-8(7-12-10)9-3-1-2-6-13-9/h4-5,7,9H,1-3,6H2. The van der Waals surface area contributed by atoms with Crippen LogP contribution in [0.2, 0.25) is 0 Å². The van der Waals surface area contributed by atoms with E-state index in [0.717, 1.165) is 17.6 Å². The molecule has 3 heteroatoms. The van der Waals surface area contributed by atoms with Gasteiger partial charge < -0.3 is 4.74 Å². The molecule has 0 aromatic carbocycles. The summed E-state index contributed by atoms with van der Waals surface area (Å²) in [5.41, 5.74) is 1.20. The second-order valence-corrected chi connectivity index (χ2v) is 4.08. The molecule has 1 aromatic heterocycles. The van der Waals surface area contributed by atoms with E-state index in [0.29, 0.717) is 0 Å². The third-order valence-corrected chi connectivity index (χ3v) is 2.77. The molecule has 1 fully saturated rings. The topological polar surface area (TPSA) is 22.1 Å². The molecule has 1 saturated heterocycles. The zero-order valence-electron chi connectivity index (χ0n) is 7.37. The Morgan fingerprint density at radius 1 is 1.38 bits per heavy atom. The van der Waals surface area contributed by atoms with Gasteiger partial charge in [0.15, 0.2) is 0 Å². The van der Waals surface area contributed by atoms with E-state index >= 15 is 0 Å². The van der Waals surface area contributed by atoms with E-state index in [2.05, 4.69) is 27.0 Å². The number of nitrogens with zero attached hydrogens (tertiary/aromatic N) is 1. The lowest BCUT2D eigenvalue weighted by atomic mass is 10.0. The first-order valence-corrected chi connectivity index (χ1v) is 5.38. The summed E-state index contributed by atoms with van der Waals surface area (Å²) in [5, 5.41) is 0. The number of halogens is 1. The van der Waals surface area contributed by atoms with Gasteiger partial charge in [0.1, 0.15) is 4.60 Å². The maximum absolute atomic E-state index is 5.65. The molecule has 0 N–H and O–H groups in total. The molecule has 1 atom stereocenters. The molecule has 0 saturated carbocycles. The molecule has 2 nitrogen and oxygen atoms in total. The number of aromatic nitrogens is 1. The van der Waals surface area contributed by atoms with Crippen LogP contribution < -0.4 is 0 Å². The van der Waals surface area contributed by atoms with Crippen molar-refractivity contribution in [1.29, 1.82) is 0 Å².